The molecular weight excluding hydrogens is 252 g/mol. The van der Waals surface area contributed by atoms with E-state index in [1.54, 1.807) is 0 Å². The second kappa shape index (κ2) is 3.42. The van der Waals surface area contributed by atoms with Crippen molar-refractivity contribution in [1.82, 2.24) is 0 Å². The van der Waals surface area contributed by atoms with E-state index < -0.39 is 6.16 Å². The molecule has 0 spiro atoms. The van der Waals surface area contributed by atoms with Crippen molar-refractivity contribution in [2.45, 2.75) is 24.0 Å². The molecule has 1 fully saturated rings. The number of benzene rings is 2. The van der Waals surface area contributed by atoms with Crippen molar-refractivity contribution in [2.24, 2.45) is 0 Å². The normalized spacial score (nSPS) is 31.9. The average Bonchev–Trinajstić information content (AvgIpc) is 2.88. The minimum Gasteiger partial charge on any atom is -0.426 e. The van der Waals surface area contributed by atoms with Crippen molar-refractivity contribution in [3.8, 4) is 0 Å². The molecule has 6 rings (SSSR count). The minimum absolute atomic E-state index is 0.101. The van der Waals surface area contributed by atoms with Crippen LogP contribution >= 0.6 is 0 Å². The summed E-state index contributed by atoms with van der Waals surface area (Å²) in [6, 6.07) is 16.8. The van der Waals surface area contributed by atoms with Gasteiger partial charge in [0.2, 0.25) is 0 Å². The highest BCUT2D eigenvalue weighted by molar-refractivity contribution is 5.67. The molecule has 2 bridgehead atoms. The van der Waals surface area contributed by atoms with E-state index in [0.717, 1.165) is 0 Å². The Morgan fingerprint density at radius 2 is 1.00 bits per heavy atom. The fourth-order valence-electron chi connectivity index (χ4n) is 4.10. The fraction of sp³-hybridized carbons (Fsp3) is 0.235. The first-order valence-corrected chi connectivity index (χ1v) is 6.89. The largest absolute Gasteiger partial charge is 0.509 e. The number of rotatable bonds is 0. The van der Waals surface area contributed by atoms with Gasteiger partial charge in [-0.15, -0.1) is 0 Å². The molecule has 2 aromatic rings. The van der Waals surface area contributed by atoms with Gasteiger partial charge in [0.05, 0.1) is 11.8 Å². The van der Waals surface area contributed by atoms with Crippen LogP contribution in [0, 0.1) is 0 Å². The summed E-state index contributed by atoms with van der Waals surface area (Å²) >= 11 is 0. The maximum atomic E-state index is 11.6. The second-order valence-corrected chi connectivity index (χ2v) is 5.63. The zero-order chi connectivity index (χ0) is 13.3. The van der Waals surface area contributed by atoms with Crippen molar-refractivity contribution in [2.75, 3.05) is 0 Å². The molecule has 1 heterocycles. The van der Waals surface area contributed by atoms with Gasteiger partial charge in [-0.2, -0.15) is 0 Å². The van der Waals surface area contributed by atoms with Gasteiger partial charge in [0.15, 0.2) is 12.2 Å². The number of ether oxygens (including phenoxy) is 2. The van der Waals surface area contributed by atoms with Crippen LogP contribution in [0.15, 0.2) is 48.5 Å². The molecule has 0 aromatic heterocycles. The molecule has 1 saturated heterocycles. The van der Waals surface area contributed by atoms with Crippen LogP contribution in [0.4, 0.5) is 4.79 Å². The van der Waals surface area contributed by atoms with E-state index in [4.69, 9.17) is 9.47 Å². The van der Waals surface area contributed by atoms with Crippen LogP contribution in [0.5, 0.6) is 0 Å². The lowest BCUT2D eigenvalue weighted by atomic mass is 9.61. The van der Waals surface area contributed by atoms with E-state index in [-0.39, 0.29) is 24.0 Å². The first kappa shape index (κ1) is 10.5. The predicted octanol–water partition coefficient (Wildman–Crippen LogP) is 3.18. The van der Waals surface area contributed by atoms with Crippen LogP contribution in [-0.2, 0) is 9.47 Å². The van der Waals surface area contributed by atoms with Gasteiger partial charge in [-0.05, 0) is 22.3 Å². The Labute approximate surface area is 116 Å². The van der Waals surface area contributed by atoms with Gasteiger partial charge in [-0.1, -0.05) is 48.5 Å². The third-order valence-corrected chi connectivity index (χ3v) is 4.78. The number of carbonyl (C=O) groups excluding carboxylic acids is 1. The Kier molecular flexibility index (Phi) is 1.80. The van der Waals surface area contributed by atoms with Crippen LogP contribution in [0.3, 0.4) is 0 Å². The molecule has 2 atom stereocenters. The van der Waals surface area contributed by atoms with Crippen LogP contribution in [-0.4, -0.2) is 18.4 Å². The van der Waals surface area contributed by atoms with Gasteiger partial charge in [-0.25, -0.2) is 4.79 Å². The lowest BCUT2D eigenvalue weighted by Gasteiger charge is -2.44. The summed E-state index contributed by atoms with van der Waals surface area (Å²) in [5, 5.41) is 0. The summed E-state index contributed by atoms with van der Waals surface area (Å²) in [5.74, 6) is 0.202. The lowest BCUT2D eigenvalue weighted by Crippen LogP contribution is -2.45. The van der Waals surface area contributed by atoms with Gasteiger partial charge in [0, 0.05) is 0 Å². The first-order valence-electron chi connectivity index (χ1n) is 6.89. The predicted molar refractivity (Wildman–Crippen MR) is 71.7 cm³/mol. The molecule has 3 aliphatic carbocycles. The Bertz CT molecular complexity index is 629. The van der Waals surface area contributed by atoms with Crippen LogP contribution in [0.25, 0.3) is 0 Å². The second-order valence-electron chi connectivity index (χ2n) is 5.63. The van der Waals surface area contributed by atoms with Gasteiger partial charge in [-0.3, -0.25) is 0 Å². The monoisotopic (exact) mass is 264 g/mol. The maximum Gasteiger partial charge on any atom is 0.509 e. The molecule has 0 radical (unpaired) electrons. The number of carbonyl (C=O) groups is 1. The molecule has 0 N–H and O–H groups in total. The van der Waals surface area contributed by atoms with E-state index >= 15 is 0 Å². The van der Waals surface area contributed by atoms with Crippen molar-refractivity contribution in [3.05, 3.63) is 70.8 Å². The third-order valence-electron chi connectivity index (χ3n) is 4.78. The van der Waals surface area contributed by atoms with E-state index in [1.807, 2.05) is 0 Å². The van der Waals surface area contributed by atoms with E-state index in [1.165, 1.54) is 22.3 Å². The summed E-state index contributed by atoms with van der Waals surface area (Å²) in [6.07, 6.45) is -0.898. The van der Waals surface area contributed by atoms with Gasteiger partial charge in [0.1, 0.15) is 0 Å². The maximum absolute atomic E-state index is 11.6. The highest BCUT2D eigenvalue weighted by Crippen LogP contribution is 2.56. The van der Waals surface area contributed by atoms with E-state index in [2.05, 4.69) is 48.5 Å². The molecule has 2 aromatic carbocycles. The molecule has 4 aliphatic rings. The Morgan fingerprint density at radius 1 is 0.650 bits per heavy atom. The molecule has 20 heavy (non-hydrogen) atoms. The van der Waals surface area contributed by atoms with Gasteiger partial charge >= 0.3 is 6.16 Å². The third kappa shape index (κ3) is 1.10. The van der Waals surface area contributed by atoms with Crippen molar-refractivity contribution in [3.63, 3.8) is 0 Å². The molecule has 98 valence electrons. The van der Waals surface area contributed by atoms with Crippen molar-refractivity contribution < 1.29 is 14.3 Å². The quantitative estimate of drug-likeness (QED) is 0.685. The van der Waals surface area contributed by atoms with Crippen LogP contribution in [0.1, 0.15) is 34.1 Å². The van der Waals surface area contributed by atoms with Crippen LogP contribution < -0.4 is 0 Å². The highest BCUT2D eigenvalue weighted by Gasteiger charge is 2.56. The summed E-state index contributed by atoms with van der Waals surface area (Å²) in [4.78, 5) is 11.6. The Hall–Kier alpha value is -2.29. The zero-order valence-corrected chi connectivity index (χ0v) is 10.7. The zero-order valence-electron chi connectivity index (χ0n) is 10.7. The van der Waals surface area contributed by atoms with E-state index in [9.17, 15) is 4.79 Å². The van der Waals surface area contributed by atoms with Crippen molar-refractivity contribution in [1.29, 1.82) is 0 Å². The topological polar surface area (TPSA) is 35.5 Å². The standard InChI is InChI=1S/C17H12O3/c18-17-19-15-13-9-5-1-2-6-10(9)14(16(15)20-17)12-8-4-3-7-11(12)13/h1-8,13-16H/t13-,14-,15-,16+. The fourth-order valence-corrected chi connectivity index (χ4v) is 4.10. The number of hydrogen-bond acceptors (Lipinski definition) is 3. The highest BCUT2D eigenvalue weighted by atomic mass is 16.8. The molecule has 1 aliphatic heterocycles. The molecular formula is C17H12O3. The Morgan fingerprint density at radius 3 is 1.35 bits per heavy atom. The SMILES string of the molecule is O=C1O[C@@H]2[C@H]3c4ccccc4[C@@H](c4ccccc43)[C@@H]2O1. The summed E-state index contributed by atoms with van der Waals surface area (Å²) < 4.78 is 10.9. The molecule has 3 heteroatoms. The molecule has 0 amide bonds. The van der Waals surface area contributed by atoms with Gasteiger partial charge in [0.25, 0.3) is 0 Å². The minimum atomic E-state index is -0.532. The summed E-state index contributed by atoms with van der Waals surface area (Å²) in [6.45, 7) is 0. The molecule has 0 unspecified atom stereocenters. The smallest absolute Gasteiger partial charge is 0.426 e. The van der Waals surface area contributed by atoms with Gasteiger partial charge < -0.3 is 9.47 Å². The summed E-state index contributed by atoms with van der Waals surface area (Å²) in [7, 11) is 0. The van der Waals surface area contributed by atoms with Crippen molar-refractivity contribution >= 4 is 6.16 Å². The Balaban J connectivity index is 1.83. The molecule has 0 saturated carbocycles. The summed E-state index contributed by atoms with van der Waals surface area (Å²) in [5.41, 5.74) is 5.10. The lowest BCUT2D eigenvalue weighted by molar-refractivity contribution is 0.103. The molecule has 3 nitrogen and oxygen atoms in total. The average molecular weight is 264 g/mol. The number of hydrogen-bond donors (Lipinski definition) is 0. The first-order chi connectivity index (χ1) is 9.84. The van der Waals surface area contributed by atoms with E-state index in [0.29, 0.717) is 0 Å². The van der Waals surface area contributed by atoms with Crippen LogP contribution in [0.2, 0.25) is 0 Å².